The van der Waals surface area contributed by atoms with Crippen LogP contribution in [0.15, 0.2) is 29.8 Å². The van der Waals surface area contributed by atoms with Crippen LogP contribution in [-0.2, 0) is 17.8 Å². The molecule has 5 nitrogen and oxygen atoms in total. The summed E-state index contributed by atoms with van der Waals surface area (Å²) in [5.74, 6) is 0.941. The molecule has 1 atom stereocenters. The van der Waals surface area contributed by atoms with Crippen molar-refractivity contribution in [3.63, 3.8) is 0 Å². The van der Waals surface area contributed by atoms with Gasteiger partial charge in [0.2, 0.25) is 5.91 Å². The van der Waals surface area contributed by atoms with Crippen LogP contribution in [0.25, 0.3) is 0 Å². The van der Waals surface area contributed by atoms with Gasteiger partial charge in [0.15, 0.2) is 0 Å². The summed E-state index contributed by atoms with van der Waals surface area (Å²) in [5.41, 5.74) is 1.87. The summed E-state index contributed by atoms with van der Waals surface area (Å²) in [6.45, 7) is 2.98. The Labute approximate surface area is 145 Å². The zero-order valence-electron chi connectivity index (χ0n) is 13.3. The fourth-order valence-corrected chi connectivity index (χ4v) is 4.47. The standard InChI is InChI=1S/C18H18N4OS/c19-10-13-2-1-6-20-17(13)21-7-3-15(12-21)18(23)22-8-4-16-14(11-22)5-9-24-16/h1-2,5-6,9,15H,3-4,7-8,11-12H2. The van der Waals surface area contributed by atoms with Crippen LogP contribution in [-0.4, -0.2) is 35.4 Å². The average Bonchev–Trinajstić information content (AvgIpc) is 3.29. The second-order valence-electron chi connectivity index (χ2n) is 6.30. The molecule has 1 amide bonds. The maximum Gasteiger partial charge on any atom is 0.227 e. The minimum absolute atomic E-state index is 0.00117. The number of nitriles is 1. The molecule has 0 aliphatic carbocycles. The molecule has 2 aromatic rings. The fourth-order valence-electron chi connectivity index (χ4n) is 3.59. The number of hydrogen-bond donors (Lipinski definition) is 0. The van der Waals surface area contributed by atoms with E-state index in [4.69, 9.17) is 0 Å². The highest BCUT2D eigenvalue weighted by atomic mass is 32.1. The summed E-state index contributed by atoms with van der Waals surface area (Å²) >= 11 is 1.79. The number of amides is 1. The molecule has 0 radical (unpaired) electrons. The van der Waals surface area contributed by atoms with Crippen LogP contribution in [0, 0.1) is 17.2 Å². The van der Waals surface area contributed by atoms with Gasteiger partial charge >= 0.3 is 0 Å². The summed E-state index contributed by atoms with van der Waals surface area (Å²) in [4.78, 5) is 22.7. The van der Waals surface area contributed by atoms with Gasteiger partial charge in [0, 0.05) is 37.3 Å². The quantitative estimate of drug-likeness (QED) is 0.844. The van der Waals surface area contributed by atoms with Crippen LogP contribution in [0.3, 0.4) is 0 Å². The minimum atomic E-state index is -0.00117. The van der Waals surface area contributed by atoms with Crippen LogP contribution in [0.4, 0.5) is 5.82 Å². The van der Waals surface area contributed by atoms with Crippen molar-refractivity contribution >= 4 is 23.1 Å². The molecule has 1 saturated heterocycles. The van der Waals surface area contributed by atoms with Crippen LogP contribution in [0.2, 0.25) is 0 Å². The van der Waals surface area contributed by atoms with Crippen LogP contribution in [0.1, 0.15) is 22.4 Å². The Kier molecular flexibility index (Phi) is 3.95. The maximum absolute atomic E-state index is 12.9. The van der Waals surface area contributed by atoms with Gasteiger partial charge < -0.3 is 9.80 Å². The summed E-state index contributed by atoms with van der Waals surface area (Å²) in [7, 11) is 0. The topological polar surface area (TPSA) is 60.2 Å². The van der Waals surface area contributed by atoms with Gasteiger partial charge in [0.25, 0.3) is 0 Å². The van der Waals surface area contributed by atoms with Crippen molar-refractivity contribution in [3.8, 4) is 6.07 Å². The van der Waals surface area contributed by atoms with Crippen molar-refractivity contribution in [1.29, 1.82) is 5.26 Å². The van der Waals surface area contributed by atoms with Crippen molar-refractivity contribution in [3.05, 3.63) is 45.8 Å². The van der Waals surface area contributed by atoms with Gasteiger partial charge in [-0.3, -0.25) is 4.79 Å². The van der Waals surface area contributed by atoms with Crippen molar-refractivity contribution < 1.29 is 4.79 Å². The molecular weight excluding hydrogens is 320 g/mol. The van der Waals surface area contributed by atoms with Gasteiger partial charge in [-0.15, -0.1) is 11.3 Å². The molecule has 4 heterocycles. The number of hydrogen-bond acceptors (Lipinski definition) is 5. The molecule has 4 rings (SSSR count). The maximum atomic E-state index is 12.9. The van der Waals surface area contributed by atoms with E-state index in [2.05, 4.69) is 27.4 Å². The molecule has 2 aliphatic rings. The highest BCUT2D eigenvalue weighted by Crippen LogP contribution is 2.29. The second-order valence-corrected chi connectivity index (χ2v) is 7.30. The molecule has 24 heavy (non-hydrogen) atoms. The normalized spacial score (nSPS) is 19.9. The van der Waals surface area contributed by atoms with E-state index in [0.717, 1.165) is 32.5 Å². The Morgan fingerprint density at radius 2 is 2.29 bits per heavy atom. The molecule has 1 unspecified atom stereocenters. The SMILES string of the molecule is N#Cc1cccnc1N1CCC(C(=O)N2CCc3sccc3C2)C1. The summed E-state index contributed by atoms with van der Waals surface area (Å²) in [6, 6.07) is 7.87. The lowest BCUT2D eigenvalue weighted by atomic mass is 10.0. The summed E-state index contributed by atoms with van der Waals surface area (Å²) < 4.78 is 0. The predicted octanol–water partition coefficient (Wildman–Crippen LogP) is 2.43. The molecule has 1 fully saturated rings. The van der Waals surface area contributed by atoms with E-state index < -0.39 is 0 Å². The van der Waals surface area contributed by atoms with E-state index in [1.165, 1.54) is 10.4 Å². The van der Waals surface area contributed by atoms with Crippen molar-refractivity contribution in [2.75, 3.05) is 24.5 Å². The number of anilines is 1. The van der Waals surface area contributed by atoms with E-state index >= 15 is 0 Å². The van der Waals surface area contributed by atoms with Crippen LogP contribution in [0.5, 0.6) is 0 Å². The number of fused-ring (bicyclic) bond motifs is 1. The third kappa shape index (κ3) is 2.65. The molecule has 0 spiro atoms. The highest BCUT2D eigenvalue weighted by molar-refractivity contribution is 7.10. The number of pyridine rings is 1. The van der Waals surface area contributed by atoms with E-state index in [9.17, 15) is 10.1 Å². The number of carbonyl (C=O) groups is 1. The van der Waals surface area contributed by atoms with Gasteiger partial charge in [-0.25, -0.2) is 4.98 Å². The zero-order valence-corrected chi connectivity index (χ0v) is 14.1. The third-order valence-corrected chi connectivity index (χ3v) is 5.89. The molecule has 0 aromatic carbocycles. The molecule has 0 saturated carbocycles. The molecule has 6 heteroatoms. The van der Waals surface area contributed by atoms with E-state index in [0.29, 0.717) is 17.9 Å². The first-order valence-corrected chi connectivity index (χ1v) is 9.08. The first-order valence-electron chi connectivity index (χ1n) is 8.20. The largest absolute Gasteiger partial charge is 0.355 e. The fraction of sp³-hybridized carbons (Fsp3) is 0.389. The predicted molar refractivity (Wildman–Crippen MR) is 92.7 cm³/mol. The summed E-state index contributed by atoms with van der Waals surface area (Å²) in [5, 5.41) is 11.4. The third-order valence-electron chi connectivity index (χ3n) is 4.86. The first-order chi connectivity index (χ1) is 11.8. The van der Waals surface area contributed by atoms with E-state index in [1.807, 2.05) is 4.90 Å². The number of rotatable bonds is 2. The monoisotopic (exact) mass is 338 g/mol. The first kappa shape index (κ1) is 15.2. The Balaban J connectivity index is 1.45. The Morgan fingerprint density at radius 1 is 1.38 bits per heavy atom. The van der Waals surface area contributed by atoms with Crippen LogP contribution < -0.4 is 4.90 Å². The van der Waals surface area contributed by atoms with E-state index in [1.54, 1.807) is 29.7 Å². The number of thiophene rings is 1. The number of aromatic nitrogens is 1. The highest BCUT2D eigenvalue weighted by Gasteiger charge is 2.34. The zero-order chi connectivity index (χ0) is 16.5. The number of carbonyl (C=O) groups excluding carboxylic acids is 1. The lowest BCUT2D eigenvalue weighted by Gasteiger charge is -2.29. The lowest BCUT2D eigenvalue weighted by Crippen LogP contribution is -2.40. The molecule has 2 aliphatic heterocycles. The Bertz CT molecular complexity index is 809. The molecule has 122 valence electrons. The molecule has 0 N–H and O–H groups in total. The lowest BCUT2D eigenvalue weighted by molar-refractivity contribution is -0.135. The second kappa shape index (κ2) is 6.25. The molecular formula is C18H18N4OS. The molecule has 2 aromatic heterocycles. The molecule has 0 bridgehead atoms. The van der Waals surface area contributed by atoms with Gasteiger partial charge in [0.1, 0.15) is 11.9 Å². The minimum Gasteiger partial charge on any atom is -0.355 e. The van der Waals surface area contributed by atoms with Gasteiger partial charge in [-0.1, -0.05) is 0 Å². The van der Waals surface area contributed by atoms with Gasteiger partial charge in [-0.05, 0) is 42.0 Å². The van der Waals surface area contributed by atoms with Crippen molar-refractivity contribution in [2.45, 2.75) is 19.4 Å². The van der Waals surface area contributed by atoms with Crippen LogP contribution >= 0.6 is 11.3 Å². The Hall–Kier alpha value is -2.39. The average molecular weight is 338 g/mol. The van der Waals surface area contributed by atoms with E-state index in [-0.39, 0.29) is 11.8 Å². The smallest absolute Gasteiger partial charge is 0.227 e. The van der Waals surface area contributed by atoms with Gasteiger partial charge in [0.05, 0.1) is 11.5 Å². The van der Waals surface area contributed by atoms with Crippen molar-refractivity contribution in [2.24, 2.45) is 5.92 Å². The number of nitrogens with zero attached hydrogens (tertiary/aromatic N) is 4. The Morgan fingerprint density at radius 3 is 3.17 bits per heavy atom. The van der Waals surface area contributed by atoms with Gasteiger partial charge in [-0.2, -0.15) is 5.26 Å². The van der Waals surface area contributed by atoms with Crippen molar-refractivity contribution in [1.82, 2.24) is 9.88 Å². The summed E-state index contributed by atoms with van der Waals surface area (Å²) in [6.07, 6.45) is 3.50.